The van der Waals surface area contributed by atoms with Crippen molar-refractivity contribution in [1.29, 1.82) is 0 Å². The van der Waals surface area contributed by atoms with E-state index in [1.807, 2.05) is 43.2 Å². The smallest absolute Gasteiger partial charge is 0.253 e. The van der Waals surface area contributed by atoms with Crippen LogP contribution < -0.4 is 5.01 Å². The van der Waals surface area contributed by atoms with Crippen molar-refractivity contribution in [2.24, 2.45) is 11.0 Å². The van der Waals surface area contributed by atoms with Gasteiger partial charge in [-0.15, -0.1) is 0 Å². The average Bonchev–Trinajstić information content (AvgIpc) is 2.90. The van der Waals surface area contributed by atoms with E-state index in [1.54, 1.807) is 4.90 Å². The largest absolute Gasteiger partial charge is 0.342 e. The highest BCUT2D eigenvalue weighted by Gasteiger charge is 2.15. The number of nitrogens with zero attached hydrogens (tertiary/aromatic N) is 3. The average molecular weight is 287 g/mol. The third-order valence-electron chi connectivity index (χ3n) is 3.78. The highest BCUT2D eigenvalue weighted by Crippen LogP contribution is 2.20. The lowest BCUT2D eigenvalue weighted by Gasteiger charge is -2.19. The molecule has 0 fully saturated rings. The Morgan fingerprint density at radius 1 is 1.33 bits per heavy atom. The minimum absolute atomic E-state index is 0.0864. The van der Waals surface area contributed by atoms with Crippen LogP contribution in [0.5, 0.6) is 0 Å². The molecule has 1 amide bonds. The Balaban J connectivity index is 2.00. The lowest BCUT2D eigenvalue weighted by Crippen LogP contribution is -2.28. The predicted octanol–water partition coefficient (Wildman–Crippen LogP) is 3.39. The van der Waals surface area contributed by atoms with Crippen LogP contribution in [0.4, 0.5) is 5.69 Å². The molecule has 0 N–H and O–H groups in total. The maximum absolute atomic E-state index is 12.3. The topological polar surface area (TPSA) is 35.9 Å². The second-order valence-electron chi connectivity index (χ2n) is 6.16. The fraction of sp³-hybridized carbons (Fsp3) is 0.529. The third kappa shape index (κ3) is 4.06. The van der Waals surface area contributed by atoms with E-state index in [1.165, 1.54) is 0 Å². The van der Waals surface area contributed by atoms with E-state index in [-0.39, 0.29) is 5.91 Å². The maximum Gasteiger partial charge on any atom is 0.253 e. The minimum Gasteiger partial charge on any atom is -0.342 e. The fourth-order valence-electron chi connectivity index (χ4n) is 2.31. The predicted molar refractivity (Wildman–Crippen MR) is 87.9 cm³/mol. The van der Waals surface area contributed by atoms with Crippen LogP contribution in [0, 0.1) is 5.92 Å². The highest BCUT2D eigenvalue weighted by atomic mass is 16.2. The van der Waals surface area contributed by atoms with Gasteiger partial charge in [-0.2, -0.15) is 5.10 Å². The Bertz CT molecular complexity index is 519. The molecule has 0 unspecified atom stereocenters. The molecule has 0 bridgehead atoms. The molecule has 4 nitrogen and oxygen atoms in total. The molecule has 0 aliphatic carbocycles. The van der Waals surface area contributed by atoms with Crippen LogP contribution in [0.1, 0.15) is 44.0 Å². The first-order valence-corrected chi connectivity index (χ1v) is 7.64. The Morgan fingerprint density at radius 2 is 2.00 bits per heavy atom. The monoisotopic (exact) mass is 287 g/mol. The summed E-state index contributed by atoms with van der Waals surface area (Å²) in [6.45, 7) is 8.11. The highest BCUT2D eigenvalue weighted by molar-refractivity contribution is 5.94. The van der Waals surface area contributed by atoms with Gasteiger partial charge in [0.05, 0.1) is 5.69 Å². The number of rotatable bonds is 5. The zero-order valence-corrected chi connectivity index (χ0v) is 13.5. The molecule has 0 saturated heterocycles. The third-order valence-corrected chi connectivity index (χ3v) is 3.78. The molecule has 0 saturated carbocycles. The standard InChI is InChI=1S/C17H25N3O/c1-13(2)9-11-19(4)17(21)15-5-7-16(8-6-15)20-12-10-14(3)18-20/h5-8,13H,9-12H2,1-4H3. The van der Waals surface area contributed by atoms with Crippen molar-refractivity contribution in [3.05, 3.63) is 29.8 Å². The zero-order valence-electron chi connectivity index (χ0n) is 13.5. The molecule has 1 aromatic rings. The van der Waals surface area contributed by atoms with Gasteiger partial charge in [0, 0.05) is 37.8 Å². The first kappa shape index (κ1) is 15.5. The van der Waals surface area contributed by atoms with Gasteiger partial charge in [-0.25, -0.2) is 0 Å². The van der Waals surface area contributed by atoms with Crippen molar-refractivity contribution in [2.45, 2.75) is 33.6 Å². The summed E-state index contributed by atoms with van der Waals surface area (Å²) in [7, 11) is 1.87. The Kier molecular flexibility index (Phi) is 4.99. The van der Waals surface area contributed by atoms with Gasteiger partial charge in [0.2, 0.25) is 0 Å². The molecule has 0 aromatic heterocycles. The van der Waals surface area contributed by atoms with Gasteiger partial charge in [-0.05, 0) is 43.5 Å². The van der Waals surface area contributed by atoms with Gasteiger partial charge in [0.1, 0.15) is 0 Å². The summed E-state index contributed by atoms with van der Waals surface area (Å²) in [5.74, 6) is 0.696. The van der Waals surface area contributed by atoms with Crippen molar-refractivity contribution >= 4 is 17.3 Å². The van der Waals surface area contributed by atoms with Gasteiger partial charge < -0.3 is 4.90 Å². The fourth-order valence-corrected chi connectivity index (χ4v) is 2.31. The molecule has 4 heteroatoms. The van der Waals surface area contributed by atoms with Crippen LogP contribution in [-0.4, -0.2) is 36.7 Å². The summed E-state index contributed by atoms with van der Waals surface area (Å²) in [5, 5.41) is 6.46. The number of amides is 1. The molecule has 2 rings (SSSR count). The summed E-state index contributed by atoms with van der Waals surface area (Å²) in [6, 6.07) is 7.75. The van der Waals surface area contributed by atoms with Crippen molar-refractivity contribution in [2.75, 3.05) is 25.1 Å². The summed E-state index contributed by atoms with van der Waals surface area (Å²) >= 11 is 0. The summed E-state index contributed by atoms with van der Waals surface area (Å²) in [5.41, 5.74) is 2.95. The molecule has 1 aliphatic heterocycles. The Labute approximate surface area is 127 Å². The number of carbonyl (C=O) groups is 1. The molecule has 1 heterocycles. The Hall–Kier alpha value is -1.84. The van der Waals surface area contributed by atoms with Crippen LogP contribution in [0.15, 0.2) is 29.4 Å². The van der Waals surface area contributed by atoms with Crippen molar-refractivity contribution in [3.8, 4) is 0 Å². The Morgan fingerprint density at radius 3 is 2.52 bits per heavy atom. The number of hydrogen-bond donors (Lipinski definition) is 0. The van der Waals surface area contributed by atoms with Crippen molar-refractivity contribution < 1.29 is 4.79 Å². The number of carbonyl (C=O) groups excluding carboxylic acids is 1. The van der Waals surface area contributed by atoms with Gasteiger partial charge in [0.25, 0.3) is 5.91 Å². The molecule has 1 aliphatic rings. The molecule has 0 spiro atoms. The van der Waals surface area contributed by atoms with Crippen LogP contribution >= 0.6 is 0 Å². The molecule has 0 radical (unpaired) electrons. The molecule has 1 aromatic carbocycles. The van der Waals surface area contributed by atoms with Crippen molar-refractivity contribution in [1.82, 2.24) is 4.90 Å². The lowest BCUT2D eigenvalue weighted by molar-refractivity contribution is 0.0789. The summed E-state index contributed by atoms with van der Waals surface area (Å²) < 4.78 is 0. The zero-order chi connectivity index (χ0) is 15.4. The number of hydrazone groups is 1. The normalized spacial score (nSPS) is 14.5. The van der Waals surface area contributed by atoms with Crippen molar-refractivity contribution in [3.63, 3.8) is 0 Å². The number of anilines is 1. The quantitative estimate of drug-likeness (QED) is 0.832. The minimum atomic E-state index is 0.0864. The molecular weight excluding hydrogens is 262 g/mol. The maximum atomic E-state index is 12.3. The van der Waals surface area contributed by atoms with Gasteiger partial charge in [-0.3, -0.25) is 9.80 Å². The van der Waals surface area contributed by atoms with Gasteiger partial charge in [0.15, 0.2) is 0 Å². The molecule has 114 valence electrons. The molecular formula is C17H25N3O. The van der Waals surface area contributed by atoms with E-state index in [2.05, 4.69) is 18.9 Å². The van der Waals surface area contributed by atoms with E-state index in [9.17, 15) is 4.79 Å². The van der Waals surface area contributed by atoms with Crippen LogP contribution in [-0.2, 0) is 0 Å². The second kappa shape index (κ2) is 6.74. The van der Waals surface area contributed by atoms with Gasteiger partial charge in [-0.1, -0.05) is 13.8 Å². The first-order chi connectivity index (χ1) is 9.97. The van der Waals surface area contributed by atoms with E-state index in [0.29, 0.717) is 5.92 Å². The molecule has 21 heavy (non-hydrogen) atoms. The first-order valence-electron chi connectivity index (χ1n) is 7.64. The molecule has 0 atom stereocenters. The van der Waals surface area contributed by atoms with E-state index < -0.39 is 0 Å². The van der Waals surface area contributed by atoms with Crippen LogP contribution in [0.3, 0.4) is 0 Å². The second-order valence-corrected chi connectivity index (χ2v) is 6.16. The number of benzene rings is 1. The van der Waals surface area contributed by atoms with Crippen LogP contribution in [0.25, 0.3) is 0 Å². The summed E-state index contributed by atoms with van der Waals surface area (Å²) in [6.07, 6.45) is 2.04. The van der Waals surface area contributed by atoms with E-state index in [0.717, 1.165) is 42.9 Å². The number of hydrogen-bond acceptors (Lipinski definition) is 3. The lowest BCUT2D eigenvalue weighted by atomic mass is 10.1. The SMILES string of the molecule is CC1=NN(c2ccc(C(=O)N(C)CCC(C)C)cc2)CC1. The van der Waals surface area contributed by atoms with E-state index in [4.69, 9.17) is 0 Å². The van der Waals surface area contributed by atoms with Gasteiger partial charge >= 0.3 is 0 Å². The van der Waals surface area contributed by atoms with E-state index >= 15 is 0 Å². The van der Waals surface area contributed by atoms with Crippen LogP contribution in [0.2, 0.25) is 0 Å². The summed E-state index contributed by atoms with van der Waals surface area (Å²) in [4.78, 5) is 14.1.